The maximum atomic E-state index is 6.15. The molecule has 0 aliphatic carbocycles. The normalized spacial score (nSPS) is 14.4. The Morgan fingerprint density at radius 1 is 1.28 bits per heavy atom. The Labute approximate surface area is 115 Å². The molecule has 2 unspecified atom stereocenters. The van der Waals surface area contributed by atoms with Gasteiger partial charge in [0.2, 0.25) is 0 Å². The van der Waals surface area contributed by atoms with Gasteiger partial charge >= 0.3 is 0 Å². The molecule has 0 aromatic heterocycles. The van der Waals surface area contributed by atoms with Gasteiger partial charge in [0.05, 0.1) is 6.10 Å². The summed E-state index contributed by atoms with van der Waals surface area (Å²) in [5, 5.41) is 0.734. The van der Waals surface area contributed by atoms with Crippen molar-refractivity contribution in [2.75, 3.05) is 6.61 Å². The van der Waals surface area contributed by atoms with Crippen LogP contribution in [0.25, 0.3) is 0 Å². The van der Waals surface area contributed by atoms with Crippen molar-refractivity contribution in [1.29, 1.82) is 0 Å². The third kappa shape index (κ3) is 4.97. The molecule has 0 fully saturated rings. The number of ether oxygens (including phenoxy) is 1. The van der Waals surface area contributed by atoms with E-state index >= 15 is 0 Å². The lowest BCUT2D eigenvalue weighted by Crippen LogP contribution is -2.29. The van der Waals surface area contributed by atoms with E-state index < -0.39 is 0 Å². The van der Waals surface area contributed by atoms with Crippen LogP contribution in [-0.4, -0.2) is 12.6 Å². The van der Waals surface area contributed by atoms with Gasteiger partial charge in [-0.2, -0.15) is 0 Å². The summed E-state index contributed by atoms with van der Waals surface area (Å²) in [6, 6.07) is 7.82. The summed E-state index contributed by atoms with van der Waals surface area (Å²) in [4.78, 5) is 0. The summed E-state index contributed by atoms with van der Waals surface area (Å²) in [7, 11) is 0. The number of benzene rings is 1. The van der Waals surface area contributed by atoms with Gasteiger partial charge in [-0.3, -0.25) is 0 Å². The molecule has 102 valence electrons. The molecule has 0 saturated carbocycles. The summed E-state index contributed by atoms with van der Waals surface area (Å²) >= 11 is 6.02. The summed E-state index contributed by atoms with van der Waals surface area (Å²) in [5.74, 6) is 0. The standard InChI is InChI=1S/C15H24ClNO/c1-3-5-6-10-18-15(14(17)4-2)12-8-7-9-13(16)11-12/h7-9,11,14-15H,3-6,10,17H2,1-2H3. The van der Waals surface area contributed by atoms with Gasteiger partial charge in [0.1, 0.15) is 0 Å². The van der Waals surface area contributed by atoms with Gasteiger partial charge in [0, 0.05) is 17.7 Å². The first-order valence-corrected chi connectivity index (χ1v) is 7.19. The molecule has 0 bridgehead atoms. The average molecular weight is 270 g/mol. The number of nitrogens with two attached hydrogens (primary N) is 1. The second-order valence-electron chi connectivity index (χ2n) is 4.63. The van der Waals surface area contributed by atoms with E-state index in [0.29, 0.717) is 0 Å². The van der Waals surface area contributed by atoms with Crippen molar-refractivity contribution in [2.24, 2.45) is 5.73 Å². The molecule has 0 aliphatic rings. The number of hydrogen-bond acceptors (Lipinski definition) is 2. The van der Waals surface area contributed by atoms with Crippen LogP contribution in [0.15, 0.2) is 24.3 Å². The van der Waals surface area contributed by atoms with Crippen molar-refractivity contribution in [3.8, 4) is 0 Å². The second kappa shape index (κ2) is 8.52. The van der Waals surface area contributed by atoms with E-state index in [1.807, 2.05) is 24.3 Å². The molecule has 1 aromatic carbocycles. The highest BCUT2D eigenvalue weighted by molar-refractivity contribution is 6.30. The Hall–Kier alpha value is -0.570. The smallest absolute Gasteiger partial charge is 0.0976 e. The largest absolute Gasteiger partial charge is 0.372 e. The number of halogens is 1. The van der Waals surface area contributed by atoms with E-state index in [4.69, 9.17) is 22.1 Å². The number of rotatable bonds is 8. The van der Waals surface area contributed by atoms with Crippen molar-refractivity contribution in [3.63, 3.8) is 0 Å². The lowest BCUT2D eigenvalue weighted by molar-refractivity contribution is 0.0313. The zero-order chi connectivity index (χ0) is 13.4. The van der Waals surface area contributed by atoms with Crippen molar-refractivity contribution in [1.82, 2.24) is 0 Å². The molecule has 18 heavy (non-hydrogen) atoms. The summed E-state index contributed by atoms with van der Waals surface area (Å²) in [6.45, 7) is 5.03. The van der Waals surface area contributed by atoms with E-state index in [1.54, 1.807) is 0 Å². The Morgan fingerprint density at radius 3 is 2.67 bits per heavy atom. The fraction of sp³-hybridized carbons (Fsp3) is 0.600. The molecule has 0 aliphatic heterocycles. The monoisotopic (exact) mass is 269 g/mol. The fourth-order valence-electron chi connectivity index (χ4n) is 1.93. The number of hydrogen-bond donors (Lipinski definition) is 1. The topological polar surface area (TPSA) is 35.2 Å². The summed E-state index contributed by atoms with van der Waals surface area (Å²) in [5.41, 5.74) is 7.22. The SMILES string of the molecule is CCCCCOC(c1cccc(Cl)c1)C(N)CC. The molecular weight excluding hydrogens is 246 g/mol. The van der Waals surface area contributed by atoms with E-state index in [0.717, 1.165) is 30.0 Å². The van der Waals surface area contributed by atoms with Gasteiger partial charge < -0.3 is 10.5 Å². The third-order valence-corrected chi connectivity index (χ3v) is 3.32. The predicted molar refractivity (Wildman–Crippen MR) is 77.9 cm³/mol. The van der Waals surface area contributed by atoms with Gasteiger partial charge in [-0.05, 0) is 30.5 Å². The van der Waals surface area contributed by atoms with Crippen LogP contribution in [0.3, 0.4) is 0 Å². The summed E-state index contributed by atoms with van der Waals surface area (Å²) < 4.78 is 5.95. The first-order valence-electron chi connectivity index (χ1n) is 6.81. The van der Waals surface area contributed by atoms with Crippen molar-refractivity contribution in [2.45, 2.75) is 51.7 Å². The van der Waals surface area contributed by atoms with E-state index in [9.17, 15) is 0 Å². The van der Waals surface area contributed by atoms with Gasteiger partial charge in [0.25, 0.3) is 0 Å². The van der Waals surface area contributed by atoms with Crippen LogP contribution < -0.4 is 5.73 Å². The van der Waals surface area contributed by atoms with Crippen LogP contribution in [0, 0.1) is 0 Å². The van der Waals surface area contributed by atoms with E-state index in [2.05, 4.69) is 13.8 Å². The van der Waals surface area contributed by atoms with E-state index in [-0.39, 0.29) is 12.1 Å². The highest BCUT2D eigenvalue weighted by Crippen LogP contribution is 2.25. The zero-order valence-electron chi connectivity index (χ0n) is 11.4. The minimum Gasteiger partial charge on any atom is -0.372 e. The van der Waals surface area contributed by atoms with Gasteiger partial charge in [0.15, 0.2) is 0 Å². The Kier molecular flexibility index (Phi) is 7.33. The van der Waals surface area contributed by atoms with Crippen molar-refractivity contribution < 1.29 is 4.74 Å². The molecule has 2 atom stereocenters. The molecule has 0 radical (unpaired) electrons. The van der Waals surface area contributed by atoms with Gasteiger partial charge in [-0.15, -0.1) is 0 Å². The van der Waals surface area contributed by atoms with E-state index in [1.165, 1.54) is 12.8 Å². The average Bonchev–Trinajstić information content (AvgIpc) is 2.38. The van der Waals surface area contributed by atoms with Gasteiger partial charge in [-0.1, -0.05) is 50.4 Å². The Balaban J connectivity index is 2.66. The fourth-order valence-corrected chi connectivity index (χ4v) is 2.13. The first kappa shape index (κ1) is 15.5. The van der Waals surface area contributed by atoms with Crippen molar-refractivity contribution >= 4 is 11.6 Å². The van der Waals surface area contributed by atoms with Crippen molar-refractivity contribution in [3.05, 3.63) is 34.9 Å². The maximum Gasteiger partial charge on any atom is 0.0976 e. The lowest BCUT2D eigenvalue weighted by atomic mass is 10.0. The minimum absolute atomic E-state index is 0.0186. The first-order chi connectivity index (χ1) is 8.69. The molecule has 1 aromatic rings. The van der Waals surface area contributed by atoms with Crippen LogP contribution in [-0.2, 0) is 4.74 Å². The minimum atomic E-state index is -0.0504. The van der Waals surface area contributed by atoms with Crippen LogP contribution in [0.1, 0.15) is 51.2 Å². The molecule has 0 amide bonds. The molecular formula is C15H24ClNO. The number of unbranched alkanes of at least 4 members (excludes halogenated alkanes) is 2. The van der Waals surface area contributed by atoms with Gasteiger partial charge in [-0.25, -0.2) is 0 Å². The van der Waals surface area contributed by atoms with Crippen LogP contribution in [0.2, 0.25) is 5.02 Å². The maximum absolute atomic E-state index is 6.15. The zero-order valence-corrected chi connectivity index (χ0v) is 12.1. The highest BCUT2D eigenvalue weighted by atomic mass is 35.5. The quantitative estimate of drug-likeness (QED) is 0.713. The molecule has 3 heteroatoms. The van der Waals surface area contributed by atoms with Crippen LogP contribution in [0.5, 0.6) is 0 Å². The Bertz CT molecular complexity index is 343. The highest BCUT2D eigenvalue weighted by Gasteiger charge is 2.19. The summed E-state index contributed by atoms with van der Waals surface area (Å²) in [6.07, 6.45) is 4.33. The van der Waals surface area contributed by atoms with Crippen LogP contribution in [0.4, 0.5) is 0 Å². The lowest BCUT2D eigenvalue weighted by Gasteiger charge is -2.24. The predicted octanol–water partition coefficient (Wildman–Crippen LogP) is 4.33. The molecule has 0 saturated heterocycles. The molecule has 0 heterocycles. The van der Waals surface area contributed by atoms with Crippen LogP contribution >= 0.6 is 11.6 Å². The molecule has 1 rings (SSSR count). The molecule has 0 spiro atoms. The molecule has 2 N–H and O–H groups in total. The second-order valence-corrected chi connectivity index (χ2v) is 5.06. The Morgan fingerprint density at radius 2 is 2.06 bits per heavy atom. The third-order valence-electron chi connectivity index (χ3n) is 3.08. The molecule has 2 nitrogen and oxygen atoms in total.